The SMILES string of the molecule is CC(C)NCCCOC1CCOC2(CCSC2)C1. The topological polar surface area (TPSA) is 30.5 Å². The summed E-state index contributed by atoms with van der Waals surface area (Å²) in [6, 6.07) is 0.576. The summed E-state index contributed by atoms with van der Waals surface area (Å²) in [6.45, 7) is 7.19. The molecule has 2 aliphatic rings. The summed E-state index contributed by atoms with van der Waals surface area (Å²) in [7, 11) is 0. The van der Waals surface area contributed by atoms with Crippen LogP contribution in [0.25, 0.3) is 0 Å². The lowest BCUT2D eigenvalue weighted by atomic mass is 9.91. The minimum Gasteiger partial charge on any atom is -0.378 e. The van der Waals surface area contributed by atoms with Gasteiger partial charge in [0, 0.05) is 31.4 Å². The number of hydrogen-bond acceptors (Lipinski definition) is 4. The van der Waals surface area contributed by atoms with Crippen molar-refractivity contribution in [3.63, 3.8) is 0 Å². The van der Waals surface area contributed by atoms with E-state index in [0.29, 0.717) is 12.1 Å². The first-order valence-corrected chi connectivity index (χ1v) is 8.42. The van der Waals surface area contributed by atoms with Gasteiger partial charge in [-0.3, -0.25) is 0 Å². The third-order valence-corrected chi connectivity index (χ3v) is 4.97. The number of hydrogen-bond donors (Lipinski definition) is 1. The molecule has 1 spiro atoms. The Hall–Kier alpha value is 0.230. The minimum absolute atomic E-state index is 0.157. The summed E-state index contributed by atoms with van der Waals surface area (Å²) in [5, 5.41) is 3.42. The van der Waals surface area contributed by atoms with Gasteiger partial charge >= 0.3 is 0 Å². The number of rotatable bonds is 6. The molecule has 4 heteroatoms. The minimum atomic E-state index is 0.157. The van der Waals surface area contributed by atoms with E-state index in [-0.39, 0.29) is 5.60 Å². The van der Waals surface area contributed by atoms with Gasteiger partial charge in [-0.15, -0.1) is 0 Å². The van der Waals surface area contributed by atoms with E-state index < -0.39 is 0 Å². The number of thioether (sulfide) groups is 1. The van der Waals surface area contributed by atoms with Gasteiger partial charge in [0.05, 0.1) is 11.7 Å². The van der Waals surface area contributed by atoms with Gasteiger partial charge in [0.25, 0.3) is 0 Å². The van der Waals surface area contributed by atoms with E-state index >= 15 is 0 Å². The first-order valence-electron chi connectivity index (χ1n) is 7.27. The molecule has 1 N–H and O–H groups in total. The molecule has 0 aromatic heterocycles. The summed E-state index contributed by atoms with van der Waals surface area (Å²) >= 11 is 2.03. The standard InChI is InChI=1S/C14H27NO2S/c1-12(2)15-6-3-7-16-13-4-8-17-14(10-13)5-9-18-11-14/h12-13,15H,3-11H2,1-2H3. The van der Waals surface area contributed by atoms with E-state index in [1.165, 1.54) is 17.9 Å². The third kappa shape index (κ3) is 4.41. The number of ether oxygens (including phenoxy) is 2. The Bertz CT molecular complexity index is 242. The molecule has 0 bridgehead atoms. The van der Waals surface area contributed by atoms with E-state index in [9.17, 15) is 0 Å². The molecule has 0 radical (unpaired) electrons. The van der Waals surface area contributed by atoms with Gasteiger partial charge in [0.1, 0.15) is 0 Å². The van der Waals surface area contributed by atoms with E-state index in [4.69, 9.17) is 9.47 Å². The highest BCUT2D eigenvalue weighted by atomic mass is 32.2. The molecule has 0 aliphatic carbocycles. The van der Waals surface area contributed by atoms with Crippen LogP contribution >= 0.6 is 11.8 Å². The first kappa shape index (κ1) is 14.6. The zero-order valence-electron chi connectivity index (χ0n) is 11.7. The Kier molecular flexibility index (Phi) is 5.80. The van der Waals surface area contributed by atoms with Crippen molar-refractivity contribution < 1.29 is 9.47 Å². The molecular weight excluding hydrogens is 246 g/mol. The Morgan fingerprint density at radius 2 is 2.39 bits per heavy atom. The maximum Gasteiger partial charge on any atom is 0.0805 e. The molecule has 0 aromatic carbocycles. The lowest BCUT2D eigenvalue weighted by Crippen LogP contribution is -2.43. The van der Waals surface area contributed by atoms with Crippen molar-refractivity contribution in [2.75, 3.05) is 31.3 Å². The molecule has 0 aromatic rings. The number of nitrogens with one attached hydrogen (secondary N) is 1. The van der Waals surface area contributed by atoms with Crippen LogP contribution in [0.15, 0.2) is 0 Å². The molecule has 2 aliphatic heterocycles. The Morgan fingerprint density at radius 1 is 1.50 bits per heavy atom. The molecule has 2 rings (SSSR count). The van der Waals surface area contributed by atoms with Crippen LogP contribution in [0.1, 0.15) is 39.5 Å². The van der Waals surface area contributed by atoms with Crippen LogP contribution in [0.4, 0.5) is 0 Å². The highest BCUT2D eigenvalue weighted by molar-refractivity contribution is 7.99. The highest BCUT2D eigenvalue weighted by Crippen LogP contribution is 2.38. The van der Waals surface area contributed by atoms with Crippen LogP contribution in [-0.2, 0) is 9.47 Å². The fraction of sp³-hybridized carbons (Fsp3) is 1.00. The molecule has 106 valence electrons. The quantitative estimate of drug-likeness (QED) is 0.753. The normalized spacial score (nSPS) is 32.5. The Morgan fingerprint density at radius 3 is 3.11 bits per heavy atom. The van der Waals surface area contributed by atoms with Crippen molar-refractivity contribution >= 4 is 11.8 Å². The molecule has 3 nitrogen and oxygen atoms in total. The fourth-order valence-electron chi connectivity index (χ4n) is 2.70. The Balaban J connectivity index is 1.61. The van der Waals surface area contributed by atoms with Crippen molar-refractivity contribution in [1.29, 1.82) is 0 Å². The lowest BCUT2D eigenvalue weighted by molar-refractivity contribution is -0.120. The molecule has 2 atom stereocenters. The average molecular weight is 273 g/mol. The first-order chi connectivity index (χ1) is 8.70. The fourth-order valence-corrected chi connectivity index (χ4v) is 4.08. The van der Waals surface area contributed by atoms with Gasteiger partial charge in [-0.2, -0.15) is 11.8 Å². The molecule has 2 heterocycles. The second-order valence-electron chi connectivity index (χ2n) is 5.78. The van der Waals surface area contributed by atoms with Crippen LogP contribution in [0.3, 0.4) is 0 Å². The van der Waals surface area contributed by atoms with E-state index in [1.807, 2.05) is 11.8 Å². The van der Waals surface area contributed by atoms with E-state index in [2.05, 4.69) is 19.2 Å². The van der Waals surface area contributed by atoms with Crippen LogP contribution in [0, 0.1) is 0 Å². The van der Waals surface area contributed by atoms with Gasteiger partial charge < -0.3 is 14.8 Å². The van der Waals surface area contributed by atoms with E-state index in [0.717, 1.165) is 39.0 Å². The molecule has 2 unspecified atom stereocenters. The van der Waals surface area contributed by atoms with Crippen molar-refractivity contribution in [3.8, 4) is 0 Å². The predicted molar refractivity (Wildman–Crippen MR) is 77.4 cm³/mol. The molecule has 0 amide bonds. The lowest BCUT2D eigenvalue weighted by Gasteiger charge is -2.37. The summed E-state index contributed by atoms with van der Waals surface area (Å²) in [5.41, 5.74) is 0.157. The maximum atomic E-state index is 6.02. The van der Waals surface area contributed by atoms with Crippen LogP contribution < -0.4 is 5.32 Å². The average Bonchev–Trinajstić information content (AvgIpc) is 2.76. The van der Waals surface area contributed by atoms with Gasteiger partial charge in [-0.05, 0) is 31.6 Å². The zero-order valence-corrected chi connectivity index (χ0v) is 12.6. The van der Waals surface area contributed by atoms with Gasteiger partial charge in [-0.1, -0.05) is 13.8 Å². The third-order valence-electron chi connectivity index (χ3n) is 3.74. The van der Waals surface area contributed by atoms with Crippen LogP contribution in [0.2, 0.25) is 0 Å². The van der Waals surface area contributed by atoms with Crippen molar-refractivity contribution in [2.24, 2.45) is 0 Å². The molecule has 2 saturated heterocycles. The maximum absolute atomic E-state index is 6.02. The summed E-state index contributed by atoms with van der Waals surface area (Å²) in [4.78, 5) is 0. The smallest absolute Gasteiger partial charge is 0.0805 e. The molecule has 0 saturated carbocycles. The monoisotopic (exact) mass is 273 g/mol. The van der Waals surface area contributed by atoms with Gasteiger partial charge in [0.2, 0.25) is 0 Å². The molecular formula is C14H27NO2S. The van der Waals surface area contributed by atoms with Crippen LogP contribution in [0.5, 0.6) is 0 Å². The zero-order chi connectivity index (χ0) is 12.8. The summed E-state index contributed by atoms with van der Waals surface area (Å²) in [5.74, 6) is 2.42. The van der Waals surface area contributed by atoms with Gasteiger partial charge in [-0.25, -0.2) is 0 Å². The highest BCUT2D eigenvalue weighted by Gasteiger charge is 2.40. The predicted octanol–water partition coefficient (Wildman–Crippen LogP) is 2.45. The largest absolute Gasteiger partial charge is 0.378 e. The van der Waals surface area contributed by atoms with Gasteiger partial charge in [0.15, 0.2) is 0 Å². The second-order valence-corrected chi connectivity index (χ2v) is 6.89. The molecule has 2 fully saturated rings. The Labute approximate surface area is 115 Å². The van der Waals surface area contributed by atoms with Crippen molar-refractivity contribution in [1.82, 2.24) is 5.32 Å². The van der Waals surface area contributed by atoms with Crippen LogP contribution in [-0.4, -0.2) is 49.0 Å². The summed E-state index contributed by atoms with van der Waals surface area (Å²) < 4.78 is 12.0. The van der Waals surface area contributed by atoms with Crippen molar-refractivity contribution in [3.05, 3.63) is 0 Å². The van der Waals surface area contributed by atoms with E-state index in [1.54, 1.807) is 0 Å². The molecule has 18 heavy (non-hydrogen) atoms. The summed E-state index contributed by atoms with van der Waals surface area (Å²) in [6.07, 6.45) is 4.93. The van der Waals surface area contributed by atoms with Crippen molar-refractivity contribution in [2.45, 2.75) is 57.3 Å². The second kappa shape index (κ2) is 7.13.